The van der Waals surface area contributed by atoms with Crippen LogP contribution >= 0.6 is 0 Å². The molecule has 0 unspecified atom stereocenters. The molecule has 1 heterocycles. The Morgan fingerprint density at radius 2 is 1.44 bits per heavy atom. The molecule has 16 heavy (non-hydrogen) atoms. The summed E-state index contributed by atoms with van der Waals surface area (Å²) >= 11 is 0. The van der Waals surface area contributed by atoms with E-state index in [9.17, 15) is 0 Å². The molecule has 1 aromatic heterocycles. The first-order valence-electron chi connectivity index (χ1n) is 4.84. The number of benzene rings is 1. The summed E-state index contributed by atoms with van der Waals surface area (Å²) in [4.78, 5) is 8.10. The maximum absolute atomic E-state index is 5.09. The summed E-state index contributed by atoms with van der Waals surface area (Å²) in [6.45, 7) is 0. The van der Waals surface area contributed by atoms with E-state index in [1.807, 2.05) is 24.3 Å². The lowest BCUT2D eigenvalue weighted by atomic mass is 10.1. The second kappa shape index (κ2) is 4.61. The van der Waals surface area contributed by atoms with Crippen molar-refractivity contribution >= 4 is 0 Å². The first-order valence-corrected chi connectivity index (χ1v) is 4.84. The maximum Gasteiger partial charge on any atom is 0.316 e. The van der Waals surface area contributed by atoms with Crippen LogP contribution < -0.4 is 9.47 Å². The zero-order chi connectivity index (χ0) is 11.4. The maximum atomic E-state index is 5.09. The van der Waals surface area contributed by atoms with E-state index >= 15 is 0 Å². The van der Waals surface area contributed by atoms with Crippen molar-refractivity contribution in [3.63, 3.8) is 0 Å². The Morgan fingerprint density at radius 3 is 1.94 bits per heavy atom. The van der Waals surface area contributed by atoms with Crippen LogP contribution in [0.3, 0.4) is 0 Å². The second-order valence-electron chi connectivity index (χ2n) is 3.19. The fraction of sp³-hybridized carbons (Fsp3) is 0.167. The highest BCUT2D eigenvalue weighted by Crippen LogP contribution is 2.21. The fourth-order valence-corrected chi connectivity index (χ4v) is 1.35. The monoisotopic (exact) mass is 216 g/mol. The van der Waals surface area contributed by atoms with Gasteiger partial charge in [-0.2, -0.15) is 0 Å². The molecule has 4 heteroatoms. The lowest BCUT2D eigenvalue weighted by Gasteiger charge is -2.03. The van der Waals surface area contributed by atoms with Crippen molar-refractivity contribution in [2.75, 3.05) is 14.2 Å². The molecule has 0 aliphatic rings. The van der Waals surface area contributed by atoms with E-state index in [0.29, 0.717) is 6.01 Å². The van der Waals surface area contributed by atoms with Crippen molar-refractivity contribution in [2.45, 2.75) is 0 Å². The zero-order valence-electron chi connectivity index (χ0n) is 9.18. The molecule has 4 nitrogen and oxygen atoms in total. The largest absolute Gasteiger partial charge is 0.497 e. The molecule has 0 fully saturated rings. The average molecular weight is 216 g/mol. The highest BCUT2D eigenvalue weighted by Gasteiger charge is 2.00. The van der Waals surface area contributed by atoms with Crippen LogP contribution in [0.4, 0.5) is 0 Å². The second-order valence-corrected chi connectivity index (χ2v) is 3.19. The number of hydrogen-bond acceptors (Lipinski definition) is 4. The molecule has 0 aliphatic heterocycles. The van der Waals surface area contributed by atoms with Gasteiger partial charge in [-0.1, -0.05) is 12.1 Å². The summed E-state index contributed by atoms with van der Waals surface area (Å²) in [5.74, 6) is 0.832. The molecule has 0 N–H and O–H groups in total. The Labute approximate surface area is 93.9 Å². The van der Waals surface area contributed by atoms with Gasteiger partial charge in [0.2, 0.25) is 0 Å². The summed E-state index contributed by atoms with van der Waals surface area (Å²) in [5, 5.41) is 0. The molecular weight excluding hydrogens is 204 g/mol. The van der Waals surface area contributed by atoms with Crippen molar-refractivity contribution < 1.29 is 9.47 Å². The van der Waals surface area contributed by atoms with Gasteiger partial charge in [0.15, 0.2) is 0 Å². The van der Waals surface area contributed by atoms with Crippen molar-refractivity contribution in [1.29, 1.82) is 0 Å². The smallest absolute Gasteiger partial charge is 0.316 e. The van der Waals surface area contributed by atoms with Gasteiger partial charge < -0.3 is 9.47 Å². The molecule has 82 valence electrons. The van der Waals surface area contributed by atoms with Gasteiger partial charge in [0, 0.05) is 18.0 Å². The Balaban J connectivity index is 2.28. The third kappa shape index (κ3) is 2.11. The number of nitrogens with zero attached hydrogens (tertiary/aromatic N) is 2. The highest BCUT2D eigenvalue weighted by atomic mass is 16.5. The van der Waals surface area contributed by atoms with Crippen LogP contribution in [0.15, 0.2) is 36.7 Å². The summed E-state index contributed by atoms with van der Waals surface area (Å²) in [6.07, 6.45) is 3.46. The SMILES string of the molecule is COc1ccc(-c2cnc(OC)nc2)cc1. The zero-order valence-corrected chi connectivity index (χ0v) is 9.18. The third-order valence-electron chi connectivity index (χ3n) is 2.23. The quantitative estimate of drug-likeness (QED) is 0.788. The van der Waals surface area contributed by atoms with E-state index in [-0.39, 0.29) is 0 Å². The van der Waals surface area contributed by atoms with Crippen LogP contribution in [0.2, 0.25) is 0 Å². The molecule has 0 bridgehead atoms. The van der Waals surface area contributed by atoms with E-state index in [0.717, 1.165) is 16.9 Å². The summed E-state index contributed by atoms with van der Waals surface area (Å²) < 4.78 is 9.99. The molecule has 2 rings (SSSR count). The van der Waals surface area contributed by atoms with E-state index in [4.69, 9.17) is 9.47 Å². The van der Waals surface area contributed by atoms with Crippen molar-refractivity contribution in [3.8, 4) is 22.9 Å². The predicted octanol–water partition coefficient (Wildman–Crippen LogP) is 2.16. The molecule has 0 amide bonds. The lowest BCUT2D eigenvalue weighted by Crippen LogP contribution is -1.91. The van der Waals surface area contributed by atoms with Gasteiger partial charge in [0.05, 0.1) is 14.2 Å². The van der Waals surface area contributed by atoms with Gasteiger partial charge in [-0.3, -0.25) is 0 Å². The number of hydrogen-bond donors (Lipinski definition) is 0. The Hall–Kier alpha value is -2.10. The van der Waals surface area contributed by atoms with Crippen LogP contribution in [-0.4, -0.2) is 24.2 Å². The summed E-state index contributed by atoms with van der Waals surface area (Å²) in [5.41, 5.74) is 1.99. The van der Waals surface area contributed by atoms with Gasteiger partial charge in [-0.25, -0.2) is 9.97 Å². The standard InChI is InChI=1S/C12H12N2O2/c1-15-11-5-3-9(4-6-11)10-7-13-12(16-2)14-8-10/h3-8H,1-2H3. The van der Waals surface area contributed by atoms with Crippen LogP contribution in [-0.2, 0) is 0 Å². The van der Waals surface area contributed by atoms with E-state index in [2.05, 4.69) is 9.97 Å². The topological polar surface area (TPSA) is 44.2 Å². The minimum Gasteiger partial charge on any atom is -0.497 e. The fourth-order valence-electron chi connectivity index (χ4n) is 1.35. The summed E-state index contributed by atoms with van der Waals surface area (Å²) in [7, 11) is 3.19. The number of rotatable bonds is 3. The average Bonchev–Trinajstić information content (AvgIpc) is 2.39. The van der Waals surface area contributed by atoms with E-state index in [1.54, 1.807) is 26.6 Å². The molecule has 2 aromatic rings. The van der Waals surface area contributed by atoms with E-state index < -0.39 is 0 Å². The van der Waals surface area contributed by atoms with Gasteiger partial charge in [0.25, 0.3) is 0 Å². The van der Waals surface area contributed by atoms with Gasteiger partial charge in [-0.05, 0) is 17.7 Å². The van der Waals surface area contributed by atoms with Crippen LogP contribution in [0.1, 0.15) is 0 Å². The molecule has 1 aromatic carbocycles. The highest BCUT2D eigenvalue weighted by molar-refractivity contribution is 5.62. The first kappa shape index (κ1) is 10.4. The Bertz CT molecular complexity index is 406. The number of ether oxygens (including phenoxy) is 2. The molecule has 0 spiro atoms. The van der Waals surface area contributed by atoms with Gasteiger partial charge in [0.1, 0.15) is 5.75 Å². The molecule has 0 saturated heterocycles. The Kier molecular flexibility index (Phi) is 3.00. The third-order valence-corrected chi connectivity index (χ3v) is 2.23. The van der Waals surface area contributed by atoms with Crippen LogP contribution in [0.25, 0.3) is 11.1 Å². The molecule has 0 atom stereocenters. The number of aromatic nitrogens is 2. The van der Waals surface area contributed by atoms with E-state index in [1.165, 1.54) is 0 Å². The molecule has 0 radical (unpaired) electrons. The van der Waals surface area contributed by atoms with Crippen LogP contribution in [0, 0.1) is 0 Å². The summed E-state index contributed by atoms with van der Waals surface area (Å²) in [6, 6.07) is 8.10. The lowest BCUT2D eigenvalue weighted by molar-refractivity contribution is 0.380. The molecular formula is C12H12N2O2. The van der Waals surface area contributed by atoms with Crippen molar-refractivity contribution in [3.05, 3.63) is 36.7 Å². The van der Waals surface area contributed by atoms with Crippen molar-refractivity contribution in [2.24, 2.45) is 0 Å². The van der Waals surface area contributed by atoms with Gasteiger partial charge in [-0.15, -0.1) is 0 Å². The first-order chi connectivity index (χ1) is 7.83. The van der Waals surface area contributed by atoms with Crippen molar-refractivity contribution in [1.82, 2.24) is 9.97 Å². The van der Waals surface area contributed by atoms with Gasteiger partial charge >= 0.3 is 6.01 Å². The number of methoxy groups -OCH3 is 2. The molecule has 0 aliphatic carbocycles. The predicted molar refractivity (Wildman–Crippen MR) is 60.6 cm³/mol. The minimum atomic E-state index is 0.372. The minimum absolute atomic E-state index is 0.372. The normalized spacial score (nSPS) is 9.88. The Morgan fingerprint density at radius 1 is 0.812 bits per heavy atom. The van der Waals surface area contributed by atoms with Crippen LogP contribution in [0.5, 0.6) is 11.8 Å². The molecule has 0 saturated carbocycles.